The fraction of sp³-hybridized carbons (Fsp3) is 0.750. The van der Waals surface area contributed by atoms with Crippen molar-refractivity contribution >= 4 is 48.1 Å². The first-order valence-electron chi connectivity index (χ1n) is 4.27. The van der Waals surface area contributed by atoms with Crippen molar-refractivity contribution in [2.75, 3.05) is 13.2 Å². The van der Waals surface area contributed by atoms with Crippen LogP contribution in [0.25, 0.3) is 0 Å². The minimum atomic E-state index is -3.80. The van der Waals surface area contributed by atoms with Gasteiger partial charge in [-0.3, -0.25) is 0 Å². The van der Waals surface area contributed by atoms with E-state index in [2.05, 4.69) is 14.9 Å². The van der Waals surface area contributed by atoms with Crippen molar-refractivity contribution in [3.05, 3.63) is 12.7 Å². The molecule has 0 aromatic heterocycles. The summed E-state index contributed by atoms with van der Waals surface area (Å²) >= 11 is 0. The summed E-state index contributed by atoms with van der Waals surface area (Å²) in [5, 5.41) is 0. The van der Waals surface area contributed by atoms with E-state index in [1.807, 2.05) is 6.92 Å². The molecule has 0 aliphatic heterocycles. The second-order valence-corrected chi connectivity index (χ2v) is 3.80. The van der Waals surface area contributed by atoms with Gasteiger partial charge in [-0.15, -0.1) is 6.58 Å². The van der Waals surface area contributed by atoms with Crippen molar-refractivity contribution in [1.82, 2.24) is 0 Å². The van der Waals surface area contributed by atoms with E-state index < -0.39 is 10.4 Å². The standard InChI is InChI=1S/C8H16O4S.Ca.2H/c1-3-5-6-8-12-13(9,10)11-7-4-2;;;/h4H,2-3,5-8H2,1H3;;;. The van der Waals surface area contributed by atoms with Crippen molar-refractivity contribution in [1.29, 1.82) is 0 Å². The van der Waals surface area contributed by atoms with Gasteiger partial charge in [0, 0.05) is 0 Å². The number of rotatable bonds is 8. The van der Waals surface area contributed by atoms with Crippen molar-refractivity contribution in [2.45, 2.75) is 26.2 Å². The van der Waals surface area contributed by atoms with Crippen LogP contribution >= 0.6 is 0 Å². The molecule has 82 valence electrons. The van der Waals surface area contributed by atoms with Gasteiger partial charge in [-0.05, 0) is 6.42 Å². The fourth-order valence-electron chi connectivity index (χ4n) is 0.679. The fourth-order valence-corrected chi connectivity index (χ4v) is 1.33. The van der Waals surface area contributed by atoms with Crippen LogP contribution < -0.4 is 0 Å². The first kappa shape index (κ1) is 17.3. The van der Waals surface area contributed by atoms with Gasteiger partial charge in [0.15, 0.2) is 0 Å². The molecule has 4 nitrogen and oxygen atoms in total. The van der Waals surface area contributed by atoms with E-state index in [9.17, 15) is 8.42 Å². The Morgan fingerprint density at radius 2 is 1.93 bits per heavy atom. The molecule has 0 heterocycles. The Balaban J connectivity index is 0. The monoisotopic (exact) mass is 250 g/mol. The summed E-state index contributed by atoms with van der Waals surface area (Å²) in [4.78, 5) is 0. The average molecular weight is 250 g/mol. The molecule has 0 radical (unpaired) electrons. The van der Waals surface area contributed by atoms with Gasteiger partial charge in [0.05, 0.1) is 13.2 Å². The molecule has 6 heteroatoms. The molecule has 0 saturated carbocycles. The Labute approximate surface area is 116 Å². The molecule has 0 atom stereocenters. The van der Waals surface area contributed by atoms with Gasteiger partial charge in [0.25, 0.3) is 0 Å². The molecule has 0 aliphatic rings. The topological polar surface area (TPSA) is 52.6 Å². The van der Waals surface area contributed by atoms with Crippen molar-refractivity contribution in [3.63, 3.8) is 0 Å². The predicted molar refractivity (Wildman–Crippen MR) is 59.1 cm³/mol. The van der Waals surface area contributed by atoms with Crippen LogP contribution in [0.5, 0.6) is 0 Å². The van der Waals surface area contributed by atoms with Gasteiger partial charge in [-0.2, -0.15) is 8.42 Å². The van der Waals surface area contributed by atoms with E-state index in [-0.39, 0.29) is 51.0 Å². The molecule has 14 heavy (non-hydrogen) atoms. The molecule has 0 bridgehead atoms. The maximum absolute atomic E-state index is 10.9. The zero-order valence-electron chi connectivity index (χ0n) is 7.86. The molecule has 0 unspecified atom stereocenters. The Hall–Kier alpha value is 0.870. The van der Waals surface area contributed by atoms with E-state index in [0.717, 1.165) is 19.3 Å². The first-order valence-corrected chi connectivity index (χ1v) is 5.60. The van der Waals surface area contributed by atoms with Gasteiger partial charge >= 0.3 is 48.1 Å². The van der Waals surface area contributed by atoms with Crippen LogP contribution in [0.15, 0.2) is 12.7 Å². The van der Waals surface area contributed by atoms with Gasteiger partial charge < -0.3 is 0 Å². The molecule has 0 amide bonds. The van der Waals surface area contributed by atoms with Gasteiger partial charge in [-0.1, -0.05) is 25.8 Å². The van der Waals surface area contributed by atoms with Crippen LogP contribution in [0.4, 0.5) is 0 Å². The summed E-state index contributed by atoms with van der Waals surface area (Å²) in [6, 6.07) is 0. The van der Waals surface area contributed by atoms with Crippen LogP contribution in [0.3, 0.4) is 0 Å². The summed E-state index contributed by atoms with van der Waals surface area (Å²) in [6.45, 7) is 5.50. The average Bonchev–Trinajstić information content (AvgIpc) is 2.09. The van der Waals surface area contributed by atoms with E-state index in [4.69, 9.17) is 0 Å². The Morgan fingerprint density at radius 1 is 1.29 bits per heavy atom. The zero-order chi connectivity index (χ0) is 10.2. The summed E-state index contributed by atoms with van der Waals surface area (Å²) in [5.41, 5.74) is 0. The SMILES string of the molecule is C=CCOS(=O)(=O)OCCCCC.[CaH2]. The van der Waals surface area contributed by atoms with Crippen LogP contribution in [0.1, 0.15) is 26.2 Å². The Kier molecular flexibility index (Phi) is 12.8. The third-order valence-corrected chi connectivity index (χ3v) is 2.19. The third kappa shape index (κ3) is 10.9. The number of hydrogen-bond donors (Lipinski definition) is 0. The van der Waals surface area contributed by atoms with E-state index in [1.165, 1.54) is 6.08 Å². The van der Waals surface area contributed by atoms with Crippen molar-refractivity contribution < 1.29 is 16.8 Å². The third-order valence-electron chi connectivity index (χ3n) is 1.31. The van der Waals surface area contributed by atoms with Crippen molar-refractivity contribution in [3.8, 4) is 0 Å². The van der Waals surface area contributed by atoms with E-state index >= 15 is 0 Å². The maximum atomic E-state index is 10.9. The number of hydrogen-bond acceptors (Lipinski definition) is 4. The molecular weight excluding hydrogens is 232 g/mol. The Bertz CT molecular complexity index is 225. The normalized spacial score (nSPS) is 10.6. The molecule has 0 saturated heterocycles. The quantitative estimate of drug-likeness (QED) is 0.362. The summed E-state index contributed by atoms with van der Waals surface area (Å²) < 4.78 is 30.6. The molecule has 0 aromatic rings. The molecule has 0 rings (SSSR count). The van der Waals surface area contributed by atoms with Crippen LogP contribution in [0.2, 0.25) is 0 Å². The minimum absolute atomic E-state index is 0. The van der Waals surface area contributed by atoms with Gasteiger partial charge in [0.2, 0.25) is 0 Å². The second-order valence-electron chi connectivity index (χ2n) is 2.51. The molecule has 0 aliphatic carbocycles. The van der Waals surface area contributed by atoms with Crippen LogP contribution in [0, 0.1) is 0 Å². The van der Waals surface area contributed by atoms with Gasteiger partial charge in [0.1, 0.15) is 0 Å². The second kappa shape index (κ2) is 10.4. The van der Waals surface area contributed by atoms with Crippen LogP contribution in [-0.4, -0.2) is 59.4 Å². The van der Waals surface area contributed by atoms with Crippen molar-refractivity contribution in [2.24, 2.45) is 0 Å². The number of unbranched alkanes of at least 4 members (excludes halogenated alkanes) is 2. The first-order chi connectivity index (χ1) is 6.12. The zero-order valence-corrected chi connectivity index (χ0v) is 8.68. The predicted octanol–water partition coefficient (Wildman–Crippen LogP) is 0.724. The molecule has 0 spiro atoms. The summed E-state index contributed by atoms with van der Waals surface area (Å²) in [5.74, 6) is 0. The Morgan fingerprint density at radius 3 is 2.43 bits per heavy atom. The van der Waals surface area contributed by atoms with E-state index in [0.29, 0.717) is 0 Å². The van der Waals surface area contributed by atoms with E-state index in [1.54, 1.807) is 0 Å². The summed E-state index contributed by atoms with van der Waals surface area (Å²) in [7, 11) is -3.80. The molecule has 0 aromatic carbocycles. The van der Waals surface area contributed by atoms with Crippen LogP contribution in [-0.2, 0) is 18.8 Å². The molecular formula is C8H18CaO4S. The summed E-state index contributed by atoms with van der Waals surface area (Å²) in [6.07, 6.45) is 4.06. The molecule has 0 N–H and O–H groups in total. The van der Waals surface area contributed by atoms with Gasteiger partial charge in [-0.25, -0.2) is 8.37 Å². The molecule has 0 fully saturated rings.